The normalized spacial score (nSPS) is 10.6. The molecule has 0 bridgehead atoms. The zero-order valence-corrected chi connectivity index (χ0v) is 12.0. The zero-order valence-electron chi connectivity index (χ0n) is 11.2. The predicted octanol–water partition coefficient (Wildman–Crippen LogP) is 1.40. The molecule has 0 aliphatic carbocycles. The summed E-state index contributed by atoms with van der Waals surface area (Å²) in [7, 11) is 1.79. The smallest absolute Gasteiger partial charge is 0.343 e. The summed E-state index contributed by atoms with van der Waals surface area (Å²) in [6.45, 7) is 4.17. The summed E-state index contributed by atoms with van der Waals surface area (Å²) in [5.41, 5.74) is -0.153. The first-order valence-electron chi connectivity index (χ1n) is 5.81. The third kappa shape index (κ3) is 2.69. The second-order valence-corrected chi connectivity index (χ2v) is 4.81. The number of hydrogen-bond acceptors (Lipinski definition) is 8. The van der Waals surface area contributed by atoms with Crippen LogP contribution < -0.4 is 5.32 Å². The van der Waals surface area contributed by atoms with Crippen molar-refractivity contribution in [3.8, 4) is 0 Å². The highest BCUT2D eigenvalue weighted by atomic mass is 32.2. The summed E-state index contributed by atoms with van der Waals surface area (Å²) in [6.07, 6.45) is 1.29. The summed E-state index contributed by atoms with van der Waals surface area (Å²) in [5, 5.41) is 22.7. The van der Waals surface area contributed by atoms with Gasteiger partial charge in [-0.1, -0.05) is 0 Å². The van der Waals surface area contributed by atoms with Crippen LogP contribution in [-0.4, -0.2) is 36.2 Å². The van der Waals surface area contributed by atoms with Crippen LogP contribution in [0, 0.1) is 17.0 Å². The van der Waals surface area contributed by atoms with E-state index in [-0.39, 0.29) is 16.5 Å². The third-order valence-electron chi connectivity index (χ3n) is 2.56. The molecule has 9 nitrogen and oxygen atoms in total. The number of anilines is 1. The van der Waals surface area contributed by atoms with Crippen molar-refractivity contribution < 1.29 is 4.92 Å². The number of hydrogen-bond donors (Lipinski definition) is 1. The highest BCUT2D eigenvalue weighted by Gasteiger charge is 2.24. The Morgan fingerprint density at radius 2 is 2.20 bits per heavy atom. The van der Waals surface area contributed by atoms with E-state index in [4.69, 9.17) is 0 Å². The molecular formula is C10H13N7O2S. The van der Waals surface area contributed by atoms with Gasteiger partial charge in [0.15, 0.2) is 10.2 Å². The van der Waals surface area contributed by atoms with Crippen LogP contribution in [0.2, 0.25) is 0 Å². The van der Waals surface area contributed by atoms with E-state index in [9.17, 15) is 10.1 Å². The molecule has 0 spiro atoms. The number of nitrogens with zero attached hydrogens (tertiary/aromatic N) is 6. The standard InChI is InChI=1S/C10H13N7O2S/c1-4-11-8-7(17(18)19)9(13-5-12-8)20-10-15-14-6(2)16(10)3/h5H,4H2,1-3H3,(H,11,12,13). The van der Waals surface area contributed by atoms with Gasteiger partial charge in [0.25, 0.3) is 0 Å². The van der Waals surface area contributed by atoms with Crippen LogP contribution in [0.25, 0.3) is 0 Å². The van der Waals surface area contributed by atoms with E-state index < -0.39 is 4.92 Å². The summed E-state index contributed by atoms with van der Waals surface area (Å²) in [5.74, 6) is 0.921. The Morgan fingerprint density at radius 3 is 2.75 bits per heavy atom. The lowest BCUT2D eigenvalue weighted by Crippen LogP contribution is -2.06. The first-order chi connectivity index (χ1) is 9.54. The number of nitro groups is 1. The van der Waals surface area contributed by atoms with Gasteiger partial charge in [-0.2, -0.15) is 0 Å². The average molecular weight is 295 g/mol. The van der Waals surface area contributed by atoms with E-state index in [2.05, 4.69) is 25.5 Å². The molecule has 1 N–H and O–H groups in total. The quantitative estimate of drug-likeness (QED) is 0.500. The lowest BCUT2D eigenvalue weighted by atomic mass is 10.5. The lowest BCUT2D eigenvalue weighted by Gasteiger charge is -2.06. The minimum atomic E-state index is -0.496. The number of aromatic nitrogens is 5. The first-order valence-corrected chi connectivity index (χ1v) is 6.63. The Bertz CT molecular complexity index is 643. The van der Waals surface area contributed by atoms with Crippen molar-refractivity contribution in [2.45, 2.75) is 24.0 Å². The van der Waals surface area contributed by atoms with Gasteiger partial charge in [-0.15, -0.1) is 10.2 Å². The Hall–Kier alpha value is -2.23. The van der Waals surface area contributed by atoms with E-state index >= 15 is 0 Å². The van der Waals surface area contributed by atoms with Crippen molar-refractivity contribution in [1.29, 1.82) is 0 Å². The van der Waals surface area contributed by atoms with E-state index in [1.165, 1.54) is 6.33 Å². The van der Waals surface area contributed by atoms with Gasteiger partial charge in [0, 0.05) is 13.6 Å². The van der Waals surface area contributed by atoms with Gasteiger partial charge in [-0.3, -0.25) is 10.1 Å². The number of aryl methyl sites for hydroxylation is 1. The van der Waals surface area contributed by atoms with Crippen LogP contribution in [0.4, 0.5) is 11.5 Å². The molecule has 0 unspecified atom stereocenters. The van der Waals surface area contributed by atoms with Crippen molar-refractivity contribution in [3.63, 3.8) is 0 Å². The maximum Gasteiger partial charge on any atom is 0.343 e. The van der Waals surface area contributed by atoms with Gasteiger partial charge < -0.3 is 9.88 Å². The SMILES string of the molecule is CCNc1ncnc(Sc2nnc(C)n2C)c1[N+](=O)[O-]. The van der Waals surface area contributed by atoms with Crippen LogP contribution >= 0.6 is 11.8 Å². The van der Waals surface area contributed by atoms with Crippen molar-refractivity contribution in [2.24, 2.45) is 7.05 Å². The lowest BCUT2D eigenvalue weighted by molar-refractivity contribution is -0.387. The van der Waals surface area contributed by atoms with Crippen LogP contribution in [0.15, 0.2) is 16.5 Å². The average Bonchev–Trinajstić information content (AvgIpc) is 2.71. The Kier molecular flexibility index (Phi) is 4.13. The fraction of sp³-hybridized carbons (Fsp3) is 0.400. The molecule has 0 aliphatic heterocycles. The summed E-state index contributed by atoms with van der Waals surface area (Å²) in [6, 6.07) is 0. The van der Waals surface area contributed by atoms with Crippen molar-refractivity contribution in [3.05, 3.63) is 22.3 Å². The van der Waals surface area contributed by atoms with Crippen molar-refractivity contribution >= 4 is 23.3 Å². The highest BCUT2D eigenvalue weighted by Crippen LogP contribution is 2.35. The van der Waals surface area contributed by atoms with Crippen LogP contribution in [0.1, 0.15) is 12.7 Å². The second kappa shape index (κ2) is 5.82. The van der Waals surface area contributed by atoms with Gasteiger partial charge in [-0.25, -0.2) is 9.97 Å². The molecule has 2 aromatic heterocycles. The topological polar surface area (TPSA) is 112 Å². The van der Waals surface area contributed by atoms with Crippen molar-refractivity contribution in [2.75, 3.05) is 11.9 Å². The fourth-order valence-electron chi connectivity index (χ4n) is 1.46. The molecule has 0 saturated carbocycles. The molecule has 2 rings (SSSR count). The minimum absolute atomic E-state index is 0.153. The number of nitrogens with one attached hydrogen (secondary N) is 1. The molecule has 20 heavy (non-hydrogen) atoms. The molecule has 0 aromatic carbocycles. The summed E-state index contributed by atoms with van der Waals surface area (Å²) < 4.78 is 1.74. The second-order valence-electron chi connectivity index (χ2n) is 3.85. The van der Waals surface area contributed by atoms with Gasteiger partial charge in [0.2, 0.25) is 5.82 Å². The fourth-order valence-corrected chi connectivity index (χ4v) is 2.35. The Labute approximate surface area is 119 Å². The van der Waals surface area contributed by atoms with Crippen LogP contribution in [0.5, 0.6) is 0 Å². The molecule has 106 valence electrons. The maximum atomic E-state index is 11.2. The van der Waals surface area contributed by atoms with E-state index in [1.807, 2.05) is 6.92 Å². The van der Waals surface area contributed by atoms with Crippen LogP contribution in [0.3, 0.4) is 0 Å². The zero-order chi connectivity index (χ0) is 14.7. The highest BCUT2D eigenvalue weighted by molar-refractivity contribution is 7.99. The molecule has 0 atom stereocenters. The summed E-state index contributed by atoms with van der Waals surface area (Å²) in [4.78, 5) is 18.6. The summed E-state index contributed by atoms with van der Waals surface area (Å²) >= 11 is 1.09. The van der Waals surface area contributed by atoms with Gasteiger partial charge >= 0.3 is 5.69 Å². The van der Waals surface area contributed by atoms with Crippen LogP contribution in [-0.2, 0) is 7.05 Å². The molecule has 2 aromatic rings. The molecule has 2 heterocycles. The van der Waals surface area contributed by atoms with Gasteiger partial charge in [0.05, 0.1) is 4.92 Å². The largest absolute Gasteiger partial charge is 0.364 e. The molecule has 10 heteroatoms. The minimum Gasteiger partial charge on any atom is -0.364 e. The van der Waals surface area contributed by atoms with Gasteiger partial charge in [0.1, 0.15) is 12.2 Å². The Balaban J connectivity index is 2.43. The molecule has 0 amide bonds. The maximum absolute atomic E-state index is 11.2. The monoisotopic (exact) mass is 295 g/mol. The Morgan fingerprint density at radius 1 is 1.45 bits per heavy atom. The predicted molar refractivity (Wildman–Crippen MR) is 72.7 cm³/mol. The van der Waals surface area contributed by atoms with Crippen molar-refractivity contribution in [1.82, 2.24) is 24.7 Å². The van der Waals surface area contributed by atoms with E-state index in [0.29, 0.717) is 11.7 Å². The molecular weight excluding hydrogens is 282 g/mol. The molecule has 0 saturated heterocycles. The first kappa shape index (κ1) is 14.2. The third-order valence-corrected chi connectivity index (χ3v) is 3.59. The number of rotatable bonds is 5. The van der Waals surface area contributed by atoms with E-state index in [1.54, 1.807) is 18.5 Å². The molecule has 0 aliphatic rings. The van der Waals surface area contributed by atoms with E-state index in [0.717, 1.165) is 17.6 Å². The van der Waals surface area contributed by atoms with Gasteiger partial charge in [-0.05, 0) is 25.6 Å². The molecule has 0 fully saturated rings. The molecule has 0 radical (unpaired) electrons.